The first-order valence-electron chi connectivity index (χ1n) is 8.48. The maximum Gasteiger partial charge on any atom is 0.246 e. The smallest absolute Gasteiger partial charge is 0.246 e. The highest BCUT2D eigenvalue weighted by molar-refractivity contribution is 5.92. The number of anilines is 1. The lowest BCUT2D eigenvalue weighted by Gasteiger charge is -2.36. The number of benzene rings is 2. The van der Waals surface area contributed by atoms with Crippen molar-refractivity contribution in [1.29, 1.82) is 0 Å². The van der Waals surface area contributed by atoms with E-state index in [-0.39, 0.29) is 5.91 Å². The molecule has 1 saturated heterocycles. The van der Waals surface area contributed by atoms with Crippen LogP contribution in [-0.4, -0.2) is 37.0 Å². The third-order valence-electron chi connectivity index (χ3n) is 4.73. The van der Waals surface area contributed by atoms with E-state index in [0.717, 1.165) is 31.7 Å². The predicted octanol–water partition coefficient (Wildman–Crippen LogP) is 3.67. The van der Waals surface area contributed by atoms with E-state index < -0.39 is 0 Å². The van der Waals surface area contributed by atoms with E-state index in [4.69, 9.17) is 0 Å². The summed E-state index contributed by atoms with van der Waals surface area (Å²) in [5.74, 6) is 0.0967. The van der Waals surface area contributed by atoms with Crippen LogP contribution in [0.25, 0.3) is 6.08 Å². The molecule has 0 spiro atoms. The largest absolute Gasteiger partial charge is 0.368 e. The lowest BCUT2D eigenvalue weighted by molar-refractivity contribution is -0.126. The summed E-state index contributed by atoms with van der Waals surface area (Å²) in [5.41, 5.74) is 5.00. The molecular formula is C21H24N2O. The molecule has 0 bridgehead atoms. The highest BCUT2D eigenvalue weighted by Gasteiger charge is 2.20. The molecule has 124 valence electrons. The number of nitrogens with zero attached hydrogens (tertiary/aromatic N) is 2. The molecule has 1 heterocycles. The second-order valence-corrected chi connectivity index (χ2v) is 6.28. The van der Waals surface area contributed by atoms with Crippen molar-refractivity contribution in [3.63, 3.8) is 0 Å². The topological polar surface area (TPSA) is 23.6 Å². The molecule has 1 fully saturated rings. The SMILES string of the molecule is Cc1cccc(N2CCN(C(=O)C=Cc3ccccc3)CC2)c1C. The highest BCUT2D eigenvalue weighted by atomic mass is 16.2. The molecule has 0 aromatic heterocycles. The Kier molecular flexibility index (Phi) is 4.99. The van der Waals surface area contributed by atoms with E-state index in [1.165, 1.54) is 16.8 Å². The molecule has 2 aromatic carbocycles. The van der Waals surface area contributed by atoms with Crippen LogP contribution in [0.3, 0.4) is 0 Å². The summed E-state index contributed by atoms with van der Waals surface area (Å²) in [6.45, 7) is 7.62. The fraction of sp³-hybridized carbons (Fsp3) is 0.286. The normalized spacial score (nSPS) is 15.1. The maximum absolute atomic E-state index is 12.4. The summed E-state index contributed by atoms with van der Waals surface area (Å²) >= 11 is 0. The van der Waals surface area contributed by atoms with Crippen molar-refractivity contribution in [2.24, 2.45) is 0 Å². The van der Waals surface area contributed by atoms with Crippen molar-refractivity contribution in [1.82, 2.24) is 4.90 Å². The Hall–Kier alpha value is -2.55. The van der Waals surface area contributed by atoms with Gasteiger partial charge in [0.05, 0.1) is 0 Å². The number of piperazine rings is 1. The van der Waals surface area contributed by atoms with Crippen LogP contribution in [-0.2, 0) is 4.79 Å². The van der Waals surface area contributed by atoms with Crippen LogP contribution in [0.5, 0.6) is 0 Å². The van der Waals surface area contributed by atoms with Gasteiger partial charge in [-0.1, -0.05) is 42.5 Å². The number of hydrogen-bond acceptors (Lipinski definition) is 2. The Bertz CT molecular complexity index is 729. The molecule has 1 amide bonds. The summed E-state index contributed by atoms with van der Waals surface area (Å²) < 4.78 is 0. The molecular weight excluding hydrogens is 296 g/mol. The van der Waals surface area contributed by atoms with Gasteiger partial charge in [0.25, 0.3) is 0 Å². The lowest BCUT2D eigenvalue weighted by atomic mass is 10.1. The Morgan fingerprint density at radius 3 is 2.33 bits per heavy atom. The number of amides is 1. The van der Waals surface area contributed by atoms with Crippen LogP contribution in [0.15, 0.2) is 54.6 Å². The molecule has 2 aromatic rings. The maximum atomic E-state index is 12.4. The van der Waals surface area contributed by atoms with Crippen molar-refractivity contribution in [2.45, 2.75) is 13.8 Å². The van der Waals surface area contributed by atoms with E-state index in [1.54, 1.807) is 6.08 Å². The van der Waals surface area contributed by atoms with E-state index >= 15 is 0 Å². The second-order valence-electron chi connectivity index (χ2n) is 6.28. The Morgan fingerprint density at radius 2 is 1.62 bits per heavy atom. The zero-order valence-electron chi connectivity index (χ0n) is 14.4. The van der Waals surface area contributed by atoms with E-state index in [9.17, 15) is 4.79 Å². The van der Waals surface area contributed by atoms with Gasteiger partial charge in [-0.2, -0.15) is 0 Å². The molecule has 1 aliphatic rings. The summed E-state index contributed by atoms with van der Waals surface area (Å²) in [5, 5.41) is 0. The zero-order chi connectivity index (χ0) is 16.9. The van der Waals surface area contributed by atoms with Crippen LogP contribution in [0, 0.1) is 13.8 Å². The number of carbonyl (C=O) groups is 1. The third-order valence-corrected chi connectivity index (χ3v) is 4.73. The van der Waals surface area contributed by atoms with Crippen molar-refractivity contribution in [3.05, 3.63) is 71.3 Å². The Balaban J connectivity index is 1.59. The molecule has 0 N–H and O–H groups in total. The molecule has 0 radical (unpaired) electrons. The van der Waals surface area contributed by atoms with Crippen LogP contribution in [0.2, 0.25) is 0 Å². The molecule has 0 saturated carbocycles. The first kappa shape index (κ1) is 16.3. The van der Waals surface area contributed by atoms with Crippen molar-refractivity contribution in [2.75, 3.05) is 31.1 Å². The first-order chi connectivity index (χ1) is 11.6. The Morgan fingerprint density at radius 1 is 0.917 bits per heavy atom. The van der Waals surface area contributed by atoms with Gasteiger partial charge in [0, 0.05) is 37.9 Å². The standard InChI is InChI=1S/C21H24N2O/c1-17-7-6-10-20(18(17)2)22-13-15-23(16-14-22)21(24)12-11-19-8-4-3-5-9-19/h3-12H,13-16H2,1-2H3. The molecule has 0 atom stereocenters. The molecule has 1 aliphatic heterocycles. The zero-order valence-corrected chi connectivity index (χ0v) is 14.4. The van der Waals surface area contributed by atoms with Gasteiger partial charge in [0.2, 0.25) is 5.91 Å². The van der Waals surface area contributed by atoms with E-state index in [2.05, 4.69) is 36.9 Å². The van der Waals surface area contributed by atoms with Crippen LogP contribution < -0.4 is 4.90 Å². The molecule has 0 aliphatic carbocycles. The summed E-state index contributed by atoms with van der Waals surface area (Å²) in [7, 11) is 0. The van der Waals surface area contributed by atoms with Crippen LogP contribution in [0.1, 0.15) is 16.7 Å². The number of rotatable bonds is 3. The molecule has 3 heteroatoms. The minimum atomic E-state index is 0.0967. The van der Waals surface area contributed by atoms with Gasteiger partial charge >= 0.3 is 0 Å². The number of aryl methyl sites for hydroxylation is 1. The average molecular weight is 320 g/mol. The quantitative estimate of drug-likeness (QED) is 0.806. The van der Waals surface area contributed by atoms with Gasteiger partial charge in [-0.05, 0) is 42.7 Å². The van der Waals surface area contributed by atoms with E-state index in [0.29, 0.717) is 0 Å². The van der Waals surface area contributed by atoms with Gasteiger partial charge in [0.15, 0.2) is 0 Å². The van der Waals surface area contributed by atoms with Gasteiger partial charge in [-0.25, -0.2) is 0 Å². The fourth-order valence-electron chi connectivity index (χ4n) is 3.08. The Labute approximate surface area is 144 Å². The molecule has 3 rings (SSSR count). The predicted molar refractivity (Wildman–Crippen MR) is 100 cm³/mol. The van der Waals surface area contributed by atoms with Gasteiger partial charge in [-0.3, -0.25) is 4.79 Å². The fourth-order valence-corrected chi connectivity index (χ4v) is 3.08. The van der Waals surface area contributed by atoms with Gasteiger partial charge in [0.1, 0.15) is 0 Å². The third kappa shape index (κ3) is 3.67. The first-order valence-corrected chi connectivity index (χ1v) is 8.48. The van der Waals surface area contributed by atoms with Gasteiger partial charge < -0.3 is 9.80 Å². The molecule has 3 nitrogen and oxygen atoms in total. The van der Waals surface area contributed by atoms with E-state index in [1.807, 2.05) is 41.3 Å². The number of carbonyl (C=O) groups excluding carboxylic acids is 1. The number of hydrogen-bond donors (Lipinski definition) is 0. The van der Waals surface area contributed by atoms with Gasteiger partial charge in [-0.15, -0.1) is 0 Å². The second kappa shape index (κ2) is 7.35. The minimum Gasteiger partial charge on any atom is -0.368 e. The van der Waals surface area contributed by atoms with Crippen LogP contribution in [0.4, 0.5) is 5.69 Å². The summed E-state index contributed by atoms with van der Waals surface area (Å²) in [4.78, 5) is 16.7. The van der Waals surface area contributed by atoms with Crippen molar-refractivity contribution < 1.29 is 4.79 Å². The molecule has 24 heavy (non-hydrogen) atoms. The molecule has 0 unspecified atom stereocenters. The monoisotopic (exact) mass is 320 g/mol. The highest BCUT2D eigenvalue weighted by Crippen LogP contribution is 2.23. The lowest BCUT2D eigenvalue weighted by Crippen LogP contribution is -2.48. The summed E-state index contributed by atoms with van der Waals surface area (Å²) in [6, 6.07) is 16.4. The van der Waals surface area contributed by atoms with Crippen molar-refractivity contribution in [3.8, 4) is 0 Å². The summed E-state index contributed by atoms with van der Waals surface area (Å²) in [6.07, 6.45) is 3.57. The average Bonchev–Trinajstić information content (AvgIpc) is 2.63. The van der Waals surface area contributed by atoms with Crippen molar-refractivity contribution >= 4 is 17.7 Å². The van der Waals surface area contributed by atoms with Crippen LogP contribution >= 0.6 is 0 Å². The minimum absolute atomic E-state index is 0.0967.